The second-order valence-corrected chi connectivity index (χ2v) is 8.00. The molecule has 2 aromatic carbocycles. The molecule has 0 unspecified atom stereocenters. The van der Waals surface area contributed by atoms with Crippen LogP contribution in [0, 0.1) is 0 Å². The highest BCUT2D eigenvalue weighted by molar-refractivity contribution is 6.35. The zero-order valence-electron chi connectivity index (χ0n) is 18.0. The predicted molar refractivity (Wildman–Crippen MR) is 127 cm³/mol. The fourth-order valence-corrected chi connectivity index (χ4v) is 3.63. The molecule has 0 spiro atoms. The van der Waals surface area contributed by atoms with Crippen LogP contribution in [0.4, 0.5) is 5.69 Å². The minimum Gasteiger partial charge on any atom is -0.484 e. The fourth-order valence-electron chi connectivity index (χ4n) is 3.17. The summed E-state index contributed by atoms with van der Waals surface area (Å²) in [5.41, 5.74) is 1.67. The minimum atomic E-state index is -0.440. The highest BCUT2D eigenvalue weighted by Crippen LogP contribution is 2.28. The lowest BCUT2D eigenvalue weighted by Crippen LogP contribution is -2.11. The number of hydrogen-bond acceptors (Lipinski definition) is 6. The van der Waals surface area contributed by atoms with Crippen LogP contribution in [0.5, 0.6) is 5.75 Å². The van der Waals surface area contributed by atoms with Gasteiger partial charge in [0.25, 0.3) is 5.91 Å². The van der Waals surface area contributed by atoms with Crippen molar-refractivity contribution in [2.75, 3.05) is 12.4 Å². The molecule has 1 amide bonds. The Labute approximate surface area is 205 Å². The zero-order chi connectivity index (χ0) is 24.1. The molecule has 0 radical (unpaired) electrons. The summed E-state index contributed by atoms with van der Waals surface area (Å²) < 4.78 is 17.6. The summed E-state index contributed by atoms with van der Waals surface area (Å²) >= 11 is 12.0. The van der Waals surface area contributed by atoms with Crippen LogP contribution < -0.4 is 10.1 Å². The van der Waals surface area contributed by atoms with E-state index in [1.165, 1.54) is 13.3 Å². The number of ether oxygens (including phenoxy) is 2. The molecular formula is C24H19Cl2N3O5. The minimum absolute atomic E-state index is 0.0895. The Balaban J connectivity index is 1.36. The van der Waals surface area contributed by atoms with Crippen molar-refractivity contribution < 1.29 is 23.5 Å². The van der Waals surface area contributed by atoms with Crippen LogP contribution >= 0.6 is 23.2 Å². The van der Waals surface area contributed by atoms with Crippen LogP contribution in [-0.4, -0.2) is 28.8 Å². The van der Waals surface area contributed by atoms with E-state index in [-0.39, 0.29) is 12.4 Å². The summed E-state index contributed by atoms with van der Waals surface area (Å²) in [6, 6.07) is 15.2. The van der Waals surface area contributed by atoms with Crippen LogP contribution in [0.3, 0.4) is 0 Å². The lowest BCUT2D eigenvalue weighted by atomic mass is 10.1. The van der Waals surface area contributed by atoms with Crippen molar-refractivity contribution in [2.24, 2.45) is 0 Å². The first-order chi connectivity index (χ1) is 16.4. The van der Waals surface area contributed by atoms with Gasteiger partial charge in [-0.1, -0.05) is 41.4 Å². The van der Waals surface area contributed by atoms with E-state index in [4.69, 9.17) is 37.1 Å². The molecule has 0 saturated carbocycles. The van der Waals surface area contributed by atoms with E-state index in [0.717, 1.165) is 5.56 Å². The van der Waals surface area contributed by atoms with Crippen molar-refractivity contribution in [3.05, 3.63) is 99.7 Å². The lowest BCUT2D eigenvalue weighted by molar-refractivity contribution is 0.0599. The van der Waals surface area contributed by atoms with Gasteiger partial charge in [0.05, 0.1) is 36.1 Å². The number of amides is 1. The molecule has 4 aromatic rings. The van der Waals surface area contributed by atoms with Crippen LogP contribution in [0.15, 0.2) is 71.4 Å². The summed E-state index contributed by atoms with van der Waals surface area (Å²) in [5.74, 6) is 0.156. The second kappa shape index (κ2) is 10.5. The quantitative estimate of drug-likeness (QED) is 0.324. The van der Waals surface area contributed by atoms with Gasteiger partial charge in [0.2, 0.25) is 0 Å². The number of halogens is 2. The third-order valence-corrected chi connectivity index (χ3v) is 5.33. The summed E-state index contributed by atoms with van der Waals surface area (Å²) in [5, 5.41) is 7.86. The first-order valence-corrected chi connectivity index (χ1v) is 10.8. The van der Waals surface area contributed by atoms with Crippen molar-refractivity contribution in [1.29, 1.82) is 0 Å². The van der Waals surface area contributed by atoms with E-state index in [9.17, 15) is 9.59 Å². The average Bonchev–Trinajstić information content (AvgIpc) is 3.48. The Morgan fingerprint density at radius 2 is 1.94 bits per heavy atom. The van der Waals surface area contributed by atoms with Crippen molar-refractivity contribution in [3.8, 4) is 5.75 Å². The summed E-state index contributed by atoms with van der Waals surface area (Å²) in [7, 11) is 1.33. The summed E-state index contributed by atoms with van der Waals surface area (Å²) in [6.07, 6.45) is 3.16. The molecule has 0 saturated heterocycles. The molecule has 8 nitrogen and oxygen atoms in total. The normalized spacial score (nSPS) is 10.7. The number of rotatable bonds is 8. The standard InChI is InChI=1S/C24H19Cl2N3O5/c1-32-24(31)19-5-3-2-4-15(19)12-29-13-17(11-27-29)28-23(30)22-9-7-18(34-22)14-33-21-8-6-16(25)10-20(21)26/h2-11,13H,12,14H2,1H3,(H,28,30). The predicted octanol–water partition coefficient (Wildman–Crippen LogP) is 5.45. The Morgan fingerprint density at radius 1 is 1.12 bits per heavy atom. The topological polar surface area (TPSA) is 95.6 Å². The fraction of sp³-hybridized carbons (Fsp3) is 0.125. The third-order valence-electron chi connectivity index (χ3n) is 4.80. The van der Waals surface area contributed by atoms with E-state index in [1.807, 2.05) is 12.1 Å². The Hall–Kier alpha value is -3.75. The lowest BCUT2D eigenvalue weighted by Gasteiger charge is -2.07. The molecule has 0 bridgehead atoms. The largest absolute Gasteiger partial charge is 0.484 e. The molecule has 1 N–H and O–H groups in total. The van der Waals surface area contributed by atoms with E-state index in [1.54, 1.807) is 53.3 Å². The number of aromatic nitrogens is 2. The molecule has 2 heterocycles. The SMILES string of the molecule is COC(=O)c1ccccc1Cn1cc(NC(=O)c2ccc(COc3ccc(Cl)cc3Cl)o2)cn1. The number of methoxy groups -OCH3 is 1. The Morgan fingerprint density at radius 3 is 2.74 bits per heavy atom. The number of furan rings is 1. The first kappa shape index (κ1) is 23.4. The Bertz CT molecular complexity index is 1330. The Kier molecular flexibility index (Phi) is 7.20. The number of hydrogen-bond donors (Lipinski definition) is 1. The molecule has 0 aliphatic rings. The molecule has 0 atom stereocenters. The van der Waals surface area contributed by atoms with Gasteiger partial charge in [-0.25, -0.2) is 4.79 Å². The second-order valence-electron chi connectivity index (χ2n) is 7.16. The van der Waals surface area contributed by atoms with Crippen molar-refractivity contribution in [1.82, 2.24) is 9.78 Å². The molecular weight excluding hydrogens is 481 g/mol. The van der Waals surface area contributed by atoms with Crippen molar-refractivity contribution in [2.45, 2.75) is 13.2 Å². The number of anilines is 1. The van der Waals surface area contributed by atoms with Crippen molar-refractivity contribution >= 4 is 40.8 Å². The maximum atomic E-state index is 12.6. The van der Waals surface area contributed by atoms with Gasteiger partial charge in [0.1, 0.15) is 18.1 Å². The maximum absolute atomic E-state index is 12.6. The number of nitrogens with one attached hydrogen (secondary N) is 1. The summed E-state index contributed by atoms with van der Waals surface area (Å²) in [6.45, 7) is 0.419. The van der Waals surface area contributed by atoms with Crippen LogP contribution in [0.2, 0.25) is 10.0 Å². The van der Waals surface area contributed by atoms with Crippen LogP contribution in [0.1, 0.15) is 32.2 Å². The molecule has 0 fully saturated rings. The van der Waals surface area contributed by atoms with E-state index in [0.29, 0.717) is 39.4 Å². The number of carbonyl (C=O) groups is 2. The molecule has 10 heteroatoms. The zero-order valence-corrected chi connectivity index (χ0v) is 19.5. The number of benzene rings is 2. The smallest absolute Gasteiger partial charge is 0.338 e. The van der Waals surface area contributed by atoms with Gasteiger partial charge in [0, 0.05) is 11.2 Å². The van der Waals surface area contributed by atoms with Crippen molar-refractivity contribution in [3.63, 3.8) is 0 Å². The highest BCUT2D eigenvalue weighted by atomic mass is 35.5. The van der Waals surface area contributed by atoms with E-state index in [2.05, 4.69) is 10.4 Å². The van der Waals surface area contributed by atoms with Crippen LogP contribution in [0.25, 0.3) is 0 Å². The van der Waals surface area contributed by atoms with Gasteiger partial charge in [-0.2, -0.15) is 5.10 Å². The number of esters is 1. The molecule has 2 aromatic heterocycles. The molecule has 4 rings (SSSR count). The molecule has 34 heavy (non-hydrogen) atoms. The molecule has 0 aliphatic carbocycles. The van der Waals surface area contributed by atoms with Crippen LogP contribution in [-0.2, 0) is 17.9 Å². The van der Waals surface area contributed by atoms with Gasteiger partial charge in [-0.15, -0.1) is 0 Å². The number of nitrogens with zero attached hydrogens (tertiary/aromatic N) is 2. The van der Waals surface area contributed by atoms with Gasteiger partial charge < -0.3 is 19.2 Å². The van der Waals surface area contributed by atoms with E-state index < -0.39 is 11.9 Å². The molecule has 0 aliphatic heterocycles. The third kappa shape index (κ3) is 5.59. The highest BCUT2D eigenvalue weighted by Gasteiger charge is 2.15. The van der Waals surface area contributed by atoms with Gasteiger partial charge in [-0.05, 0) is 42.0 Å². The van der Waals surface area contributed by atoms with E-state index >= 15 is 0 Å². The molecule has 174 valence electrons. The monoisotopic (exact) mass is 499 g/mol. The van der Waals surface area contributed by atoms with Gasteiger partial charge in [0.15, 0.2) is 5.76 Å². The maximum Gasteiger partial charge on any atom is 0.338 e. The number of carbonyl (C=O) groups excluding carboxylic acids is 2. The average molecular weight is 500 g/mol. The van der Waals surface area contributed by atoms with Gasteiger partial charge in [-0.3, -0.25) is 9.48 Å². The first-order valence-electron chi connectivity index (χ1n) is 10.1. The van der Waals surface area contributed by atoms with Gasteiger partial charge >= 0.3 is 5.97 Å². The summed E-state index contributed by atoms with van der Waals surface area (Å²) in [4.78, 5) is 24.5.